The second-order valence-corrected chi connectivity index (χ2v) is 4.71. The van der Waals surface area contributed by atoms with Gasteiger partial charge in [0, 0.05) is 18.7 Å². The Kier molecular flexibility index (Phi) is 5.53. The molecular formula is C17H16FN3O2. The minimum atomic E-state index is -0.458. The third-order valence-electron chi connectivity index (χ3n) is 3.18. The van der Waals surface area contributed by atoms with E-state index in [2.05, 4.69) is 10.6 Å². The Morgan fingerprint density at radius 2 is 1.96 bits per heavy atom. The molecule has 0 aromatic heterocycles. The molecule has 0 saturated heterocycles. The van der Waals surface area contributed by atoms with Gasteiger partial charge in [0.25, 0.3) is 5.91 Å². The Balaban J connectivity index is 1.83. The number of hydrogen-bond acceptors (Lipinski definition) is 4. The van der Waals surface area contributed by atoms with E-state index in [0.29, 0.717) is 30.1 Å². The Bertz CT molecular complexity index is 724. The minimum absolute atomic E-state index is 0.200. The van der Waals surface area contributed by atoms with Crippen LogP contribution in [0.2, 0.25) is 0 Å². The lowest BCUT2D eigenvalue weighted by Gasteiger charge is -2.09. The van der Waals surface area contributed by atoms with Gasteiger partial charge in [0.2, 0.25) is 0 Å². The molecule has 0 aliphatic heterocycles. The number of nitrogens with zero attached hydrogens (tertiary/aromatic N) is 1. The summed E-state index contributed by atoms with van der Waals surface area (Å²) in [5.74, 6) is 0.0255. The molecule has 2 rings (SSSR count). The van der Waals surface area contributed by atoms with E-state index in [1.165, 1.54) is 12.1 Å². The molecule has 0 spiro atoms. The number of nitrogens with one attached hydrogen (secondary N) is 2. The summed E-state index contributed by atoms with van der Waals surface area (Å²) >= 11 is 0. The Labute approximate surface area is 133 Å². The predicted octanol–water partition coefficient (Wildman–Crippen LogP) is 2.55. The number of nitriles is 1. The van der Waals surface area contributed by atoms with Crippen LogP contribution in [0.4, 0.5) is 10.1 Å². The fourth-order valence-electron chi connectivity index (χ4n) is 1.98. The lowest BCUT2D eigenvalue weighted by molar-refractivity contribution is 0.0955. The first-order valence-electron chi connectivity index (χ1n) is 7.00. The molecule has 0 heterocycles. The van der Waals surface area contributed by atoms with E-state index in [1.807, 2.05) is 6.07 Å². The summed E-state index contributed by atoms with van der Waals surface area (Å²) in [6.07, 6.45) is 0. The van der Waals surface area contributed by atoms with Crippen LogP contribution in [-0.2, 0) is 0 Å². The van der Waals surface area contributed by atoms with Crippen LogP contribution in [0.1, 0.15) is 15.9 Å². The molecule has 23 heavy (non-hydrogen) atoms. The second kappa shape index (κ2) is 7.80. The zero-order valence-corrected chi connectivity index (χ0v) is 12.6. The number of benzene rings is 2. The quantitative estimate of drug-likeness (QED) is 0.804. The molecule has 1 amide bonds. The molecule has 6 heteroatoms. The van der Waals surface area contributed by atoms with Crippen LogP contribution in [0.3, 0.4) is 0 Å². The fraction of sp³-hybridized carbons (Fsp3) is 0.176. The molecule has 118 valence electrons. The smallest absolute Gasteiger partial charge is 0.251 e. The van der Waals surface area contributed by atoms with Gasteiger partial charge < -0.3 is 15.4 Å². The van der Waals surface area contributed by atoms with Gasteiger partial charge in [-0.2, -0.15) is 5.26 Å². The van der Waals surface area contributed by atoms with Gasteiger partial charge in [-0.05, 0) is 42.5 Å². The van der Waals surface area contributed by atoms with Gasteiger partial charge in [0.05, 0.1) is 18.4 Å². The average Bonchev–Trinajstić information content (AvgIpc) is 2.59. The number of halogens is 1. The van der Waals surface area contributed by atoms with Crippen LogP contribution in [0.5, 0.6) is 5.75 Å². The SMILES string of the molecule is COc1ccc(C(=O)NCCNc2ccc(F)cc2C#N)cc1. The summed E-state index contributed by atoms with van der Waals surface area (Å²) in [4.78, 5) is 11.9. The number of carbonyl (C=O) groups is 1. The zero-order valence-electron chi connectivity index (χ0n) is 12.6. The minimum Gasteiger partial charge on any atom is -0.497 e. The fourth-order valence-corrected chi connectivity index (χ4v) is 1.98. The summed E-state index contributed by atoms with van der Waals surface area (Å²) < 4.78 is 18.1. The first-order valence-corrected chi connectivity index (χ1v) is 7.00. The molecule has 0 fully saturated rings. The first-order chi connectivity index (χ1) is 11.1. The van der Waals surface area contributed by atoms with Gasteiger partial charge in [-0.1, -0.05) is 0 Å². The number of amides is 1. The van der Waals surface area contributed by atoms with Crippen molar-refractivity contribution in [2.24, 2.45) is 0 Å². The number of anilines is 1. The Morgan fingerprint density at radius 3 is 2.61 bits per heavy atom. The first kappa shape index (κ1) is 16.3. The highest BCUT2D eigenvalue weighted by atomic mass is 19.1. The summed E-state index contributed by atoms with van der Waals surface area (Å²) in [5.41, 5.74) is 1.30. The van der Waals surface area contributed by atoms with Crippen LogP contribution < -0.4 is 15.4 Å². The van der Waals surface area contributed by atoms with E-state index in [0.717, 1.165) is 6.07 Å². The molecule has 0 aliphatic rings. The predicted molar refractivity (Wildman–Crippen MR) is 84.9 cm³/mol. The van der Waals surface area contributed by atoms with Crippen molar-refractivity contribution in [2.45, 2.75) is 0 Å². The standard InChI is InChI=1S/C17H16FN3O2/c1-23-15-5-2-12(3-6-15)17(22)21-9-8-20-16-7-4-14(18)10-13(16)11-19/h2-7,10,20H,8-9H2,1H3,(H,21,22). The van der Waals surface area contributed by atoms with Gasteiger partial charge >= 0.3 is 0 Å². The van der Waals surface area contributed by atoms with Crippen molar-refractivity contribution in [3.8, 4) is 11.8 Å². The van der Waals surface area contributed by atoms with Crippen molar-refractivity contribution in [1.82, 2.24) is 5.32 Å². The monoisotopic (exact) mass is 313 g/mol. The number of methoxy groups -OCH3 is 1. The molecule has 0 atom stereocenters. The number of hydrogen-bond donors (Lipinski definition) is 2. The number of carbonyl (C=O) groups excluding carboxylic acids is 1. The maximum atomic E-state index is 13.0. The molecule has 0 radical (unpaired) electrons. The van der Waals surface area contributed by atoms with Crippen LogP contribution in [0.25, 0.3) is 0 Å². The zero-order chi connectivity index (χ0) is 16.7. The van der Waals surface area contributed by atoms with E-state index >= 15 is 0 Å². The van der Waals surface area contributed by atoms with Gasteiger partial charge in [-0.3, -0.25) is 4.79 Å². The lowest BCUT2D eigenvalue weighted by Crippen LogP contribution is -2.28. The van der Waals surface area contributed by atoms with E-state index in [9.17, 15) is 9.18 Å². The Morgan fingerprint density at radius 1 is 1.22 bits per heavy atom. The summed E-state index contributed by atoms with van der Waals surface area (Å²) in [6.45, 7) is 0.787. The average molecular weight is 313 g/mol. The van der Waals surface area contributed by atoms with E-state index in [4.69, 9.17) is 10.00 Å². The molecule has 2 aromatic carbocycles. The second-order valence-electron chi connectivity index (χ2n) is 4.71. The van der Waals surface area contributed by atoms with Crippen molar-refractivity contribution in [1.29, 1.82) is 5.26 Å². The highest BCUT2D eigenvalue weighted by molar-refractivity contribution is 5.94. The van der Waals surface area contributed by atoms with Crippen LogP contribution in [-0.4, -0.2) is 26.1 Å². The van der Waals surface area contributed by atoms with Crippen molar-refractivity contribution < 1.29 is 13.9 Å². The molecule has 2 N–H and O–H groups in total. The summed E-state index contributed by atoms with van der Waals surface area (Å²) in [7, 11) is 1.56. The van der Waals surface area contributed by atoms with Crippen LogP contribution in [0.15, 0.2) is 42.5 Å². The summed E-state index contributed by atoms with van der Waals surface area (Å²) in [6, 6.07) is 12.6. The molecule has 5 nitrogen and oxygen atoms in total. The molecule has 0 aliphatic carbocycles. The van der Waals surface area contributed by atoms with Gasteiger partial charge in [0.15, 0.2) is 0 Å². The van der Waals surface area contributed by atoms with E-state index in [-0.39, 0.29) is 11.5 Å². The molecule has 0 saturated carbocycles. The summed E-state index contributed by atoms with van der Waals surface area (Å²) in [5, 5.41) is 14.7. The highest BCUT2D eigenvalue weighted by Gasteiger charge is 2.06. The third kappa shape index (κ3) is 4.45. The maximum Gasteiger partial charge on any atom is 0.251 e. The van der Waals surface area contributed by atoms with E-state index < -0.39 is 5.82 Å². The van der Waals surface area contributed by atoms with Crippen molar-refractivity contribution in [3.05, 3.63) is 59.4 Å². The number of rotatable bonds is 6. The van der Waals surface area contributed by atoms with E-state index in [1.54, 1.807) is 31.4 Å². The Hall–Kier alpha value is -3.07. The van der Waals surface area contributed by atoms with Crippen molar-refractivity contribution >= 4 is 11.6 Å². The van der Waals surface area contributed by atoms with Gasteiger partial charge in [-0.25, -0.2) is 4.39 Å². The van der Waals surface area contributed by atoms with Crippen molar-refractivity contribution in [3.63, 3.8) is 0 Å². The highest BCUT2D eigenvalue weighted by Crippen LogP contribution is 2.15. The largest absolute Gasteiger partial charge is 0.497 e. The number of ether oxygens (including phenoxy) is 1. The third-order valence-corrected chi connectivity index (χ3v) is 3.18. The van der Waals surface area contributed by atoms with Gasteiger partial charge in [-0.15, -0.1) is 0 Å². The van der Waals surface area contributed by atoms with Crippen LogP contribution in [0, 0.1) is 17.1 Å². The molecular weight excluding hydrogens is 297 g/mol. The normalized spacial score (nSPS) is 9.78. The van der Waals surface area contributed by atoms with Gasteiger partial charge in [0.1, 0.15) is 17.6 Å². The van der Waals surface area contributed by atoms with Crippen LogP contribution >= 0.6 is 0 Å². The molecule has 0 bridgehead atoms. The topological polar surface area (TPSA) is 74.2 Å². The molecule has 2 aromatic rings. The van der Waals surface area contributed by atoms with Crippen molar-refractivity contribution in [2.75, 3.05) is 25.5 Å². The maximum absolute atomic E-state index is 13.0. The lowest BCUT2D eigenvalue weighted by atomic mass is 10.2. The molecule has 0 unspecified atom stereocenters.